The fourth-order valence-electron chi connectivity index (χ4n) is 2.87. The van der Waals surface area contributed by atoms with Gasteiger partial charge in [0, 0.05) is 12.1 Å². The summed E-state index contributed by atoms with van der Waals surface area (Å²) < 4.78 is 22.0. The van der Waals surface area contributed by atoms with Crippen LogP contribution in [-0.4, -0.2) is 28.4 Å². The zero-order chi connectivity index (χ0) is 19.2. The summed E-state index contributed by atoms with van der Waals surface area (Å²) in [7, 11) is 5.80. The monoisotopic (exact) mass is 382 g/mol. The first-order valence-corrected chi connectivity index (χ1v) is 9.84. The summed E-state index contributed by atoms with van der Waals surface area (Å²) in [6.45, 7) is 0. The molecule has 0 N–H and O–H groups in total. The fraction of sp³-hybridized carbons (Fsp3) is 0.182. The minimum Gasteiger partial charge on any atom is -0.497 e. The Labute approximate surface area is 161 Å². The van der Waals surface area contributed by atoms with Gasteiger partial charge in [0.25, 0.3) is 0 Å². The van der Waals surface area contributed by atoms with Gasteiger partial charge >= 0.3 is 0 Å². The maximum absolute atomic E-state index is 5.49. The predicted octanol–water partition coefficient (Wildman–Crippen LogP) is 3.48. The van der Waals surface area contributed by atoms with E-state index in [4.69, 9.17) is 18.9 Å². The number of methoxy groups -OCH3 is 4. The summed E-state index contributed by atoms with van der Waals surface area (Å²) in [5.74, 6) is 3.07. The Morgan fingerprint density at radius 2 is 0.852 bits per heavy atom. The topological polar surface area (TPSA) is 36.9 Å². The van der Waals surface area contributed by atoms with Crippen LogP contribution in [0.3, 0.4) is 0 Å². The number of ether oxygens (including phenoxy) is 4. The molecule has 0 radical (unpaired) electrons. The van der Waals surface area contributed by atoms with Crippen molar-refractivity contribution in [3.05, 3.63) is 66.7 Å². The third kappa shape index (κ3) is 4.35. The number of rotatable bonds is 7. The van der Waals surface area contributed by atoms with Gasteiger partial charge in [-0.2, -0.15) is 0 Å². The van der Waals surface area contributed by atoms with Crippen molar-refractivity contribution in [3.63, 3.8) is 0 Å². The Hall–Kier alpha value is -2.71. The van der Waals surface area contributed by atoms with E-state index in [-0.39, 0.29) is 0 Å². The lowest BCUT2D eigenvalue weighted by atomic mass is 10.3. The third-order valence-corrected chi connectivity index (χ3v) is 6.57. The highest BCUT2D eigenvalue weighted by atomic mass is 31.1. The molecular formula is C22H23O4P. The van der Waals surface area contributed by atoms with Crippen LogP contribution in [0.4, 0.5) is 0 Å². The molecule has 0 aromatic heterocycles. The van der Waals surface area contributed by atoms with Crippen LogP contribution >= 0.6 is 7.92 Å². The van der Waals surface area contributed by atoms with Gasteiger partial charge in [0.15, 0.2) is 0 Å². The van der Waals surface area contributed by atoms with E-state index in [2.05, 4.69) is 48.5 Å². The molecule has 3 aromatic rings. The van der Waals surface area contributed by atoms with E-state index in [9.17, 15) is 0 Å². The highest BCUT2D eigenvalue weighted by molar-refractivity contribution is 7.79. The van der Waals surface area contributed by atoms with Gasteiger partial charge in [-0.15, -0.1) is 0 Å². The molecule has 0 spiro atoms. The summed E-state index contributed by atoms with van der Waals surface area (Å²) in [5.41, 5.74) is 0. The van der Waals surface area contributed by atoms with Crippen molar-refractivity contribution >= 4 is 23.8 Å². The van der Waals surface area contributed by atoms with Crippen LogP contribution < -0.4 is 34.9 Å². The van der Waals surface area contributed by atoms with E-state index in [1.165, 1.54) is 5.30 Å². The van der Waals surface area contributed by atoms with Crippen molar-refractivity contribution in [2.75, 3.05) is 28.4 Å². The molecule has 3 aromatic carbocycles. The molecular weight excluding hydrogens is 359 g/mol. The fourth-order valence-corrected chi connectivity index (χ4v) is 5.26. The molecule has 0 aliphatic heterocycles. The molecule has 0 bridgehead atoms. The van der Waals surface area contributed by atoms with Crippen LogP contribution in [0, 0.1) is 0 Å². The summed E-state index contributed by atoms with van der Waals surface area (Å²) in [5, 5.41) is 3.48. The minimum atomic E-state index is -0.854. The SMILES string of the molecule is COc1cc(OC)cc(P(c2ccccc2)c2cc(OC)cc(OC)c2)c1. The van der Waals surface area contributed by atoms with Crippen molar-refractivity contribution in [1.29, 1.82) is 0 Å². The number of benzene rings is 3. The Morgan fingerprint density at radius 1 is 0.481 bits per heavy atom. The van der Waals surface area contributed by atoms with E-state index in [0.717, 1.165) is 33.6 Å². The standard InChI is InChI=1S/C22H23O4P/c1-23-16-10-17(24-2)13-21(12-16)27(20-8-6-5-7-9-20)22-14-18(25-3)11-19(15-22)26-4/h5-15H,1-4H3. The predicted molar refractivity (Wildman–Crippen MR) is 111 cm³/mol. The van der Waals surface area contributed by atoms with Crippen LogP contribution in [0.2, 0.25) is 0 Å². The maximum atomic E-state index is 5.49. The van der Waals surface area contributed by atoms with Crippen LogP contribution in [0.5, 0.6) is 23.0 Å². The first kappa shape index (κ1) is 19.1. The summed E-state index contributed by atoms with van der Waals surface area (Å²) >= 11 is 0. The van der Waals surface area contributed by atoms with Crippen molar-refractivity contribution < 1.29 is 18.9 Å². The molecule has 0 atom stereocenters. The average Bonchev–Trinajstić information content (AvgIpc) is 2.74. The lowest BCUT2D eigenvalue weighted by molar-refractivity contribution is 0.395. The molecule has 5 heteroatoms. The largest absolute Gasteiger partial charge is 0.497 e. The Balaban J connectivity index is 2.22. The normalized spacial score (nSPS) is 10.6. The zero-order valence-electron chi connectivity index (χ0n) is 15.9. The highest BCUT2D eigenvalue weighted by Gasteiger charge is 2.20. The van der Waals surface area contributed by atoms with Crippen molar-refractivity contribution in [3.8, 4) is 23.0 Å². The van der Waals surface area contributed by atoms with Gasteiger partial charge in [0.1, 0.15) is 23.0 Å². The second-order valence-electron chi connectivity index (χ2n) is 5.81. The van der Waals surface area contributed by atoms with Crippen LogP contribution in [0.25, 0.3) is 0 Å². The van der Waals surface area contributed by atoms with Gasteiger partial charge in [0.05, 0.1) is 28.4 Å². The van der Waals surface area contributed by atoms with E-state index >= 15 is 0 Å². The molecule has 4 nitrogen and oxygen atoms in total. The second-order valence-corrected chi connectivity index (χ2v) is 8.03. The van der Waals surface area contributed by atoms with Gasteiger partial charge in [-0.05, 0) is 48.1 Å². The summed E-state index contributed by atoms with van der Waals surface area (Å²) in [4.78, 5) is 0. The van der Waals surface area contributed by atoms with Crippen LogP contribution in [-0.2, 0) is 0 Å². The molecule has 0 saturated heterocycles. The number of hydrogen-bond acceptors (Lipinski definition) is 4. The molecule has 140 valence electrons. The van der Waals surface area contributed by atoms with Crippen LogP contribution in [0.15, 0.2) is 66.7 Å². The molecule has 0 amide bonds. The van der Waals surface area contributed by atoms with E-state index in [1.54, 1.807) is 28.4 Å². The lowest BCUT2D eigenvalue weighted by Crippen LogP contribution is -2.21. The van der Waals surface area contributed by atoms with Crippen molar-refractivity contribution in [1.82, 2.24) is 0 Å². The van der Waals surface area contributed by atoms with Crippen LogP contribution in [0.1, 0.15) is 0 Å². The van der Waals surface area contributed by atoms with Gasteiger partial charge in [0.2, 0.25) is 0 Å². The maximum Gasteiger partial charge on any atom is 0.123 e. The molecule has 0 saturated carbocycles. The molecule has 3 rings (SSSR count). The van der Waals surface area contributed by atoms with E-state index in [1.807, 2.05) is 18.2 Å². The Morgan fingerprint density at radius 3 is 1.19 bits per heavy atom. The summed E-state index contributed by atoms with van der Waals surface area (Å²) in [6.07, 6.45) is 0. The zero-order valence-corrected chi connectivity index (χ0v) is 16.8. The number of hydrogen-bond donors (Lipinski definition) is 0. The third-order valence-electron chi connectivity index (χ3n) is 4.20. The van der Waals surface area contributed by atoms with Crippen molar-refractivity contribution in [2.24, 2.45) is 0 Å². The molecule has 0 unspecified atom stereocenters. The van der Waals surface area contributed by atoms with E-state index < -0.39 is 7.92 Å². The minimum absolute atomic E-state index is 0.766. The van der Waals surface area contributed by atoms with E-state index in [0.29, 0.717) is 0 Å². The van der Waals surface area contributed by atoms with Gasteiger partial charge in [-0.3, -0.25) is 0 Å². The van der Waals surface area contributed by atoms with Gasteiger partial charge < -0.3 is 18.9 Å². The Kier molecular flexibility index (Phi) is 6.20. The smallest absolute Gasteiger partial charge is 0.123 e. The highest BCUT2D eigenvalue weighted by Crippen LogP contribution is 2.38. The molecule has 0 heterocycles. The van der Waals surface area contributed by atoms with Gasteiger partial charge in [-0.25, -0.2) is 0 Å². The molecule has 0 fully saturated rings. The molecule has 0 aliphatic carbocycles. The van der Waals surface area contributed by atoms with Crippen molar-refractivity contribution in [2.45, 2.75) is 0 Å². The second kappa shape index (κ2) is 8.79. The van der Waals surface area contributed by atoms with Gasteiger partial charge in [-0.1, -0.05) is 30.3 Å². The quantitative estimate of drug-likeness (QED) is 0.587. The first-order valence-electron chi connectivity index (χ1n) is 8.50. The first-order chi connectivity index (χ1) is 13.2. The Bertz CT molecular complexity index is 796. The lowest BCUT2D eigenvalue weighted by Gasteiger charge is -2.22. The average molecular weight is 382 g/mol. The molecule has 27 heavy (non-hydrogen) atoms. The molecule has 0 aliphatic rings. The summed E-state index contributed by atoms with van der Waals surface area (Å²) in [6, 6.07) is 22.4.